The van der Waals surface area contributed by atoms with Gasteiger partial charge in [-0.1, -0.05) is 59.2 Å². The maximum Gasteiger partial charge on any atom is 0.234 e. The van der Waals surface area contributed by atoms with E-state index in [9.17, 15) is 4.79 Å². The fourth-order valence-corrected chi connectivity index (χ4v) is 4.52. The molecule has 0 radical (unpaired) electrons. The third-order valence-electron chi connectivity index (χ3n) is 4.16. The number of hydrogen-bond donors (Lipinski definition) is 1. The van der Waals surface area contributed by atoms with E-state index < -0.39 is 0 Å². The number of nitrogens with one attached hydrogen (secondary N) is 1. The van der Waals surface area contributed by atoms with Crippen LogP contribution in [0.5, 0.6) is 0 Å². The lowest BCUT2D eigenvalue weighted by molar-refractivity contribution is -0.113. The molecule has 1 amide bonds. The molecule has 2 aromatic carbocycles. The van der Waals surface area contributed by atoms with Crippen molar-refractivity contribution in [3.63, 3.8) is 0 Å². The Balaban J connectivity index is 1.49. The van der Waals surface area contributed by atoms with Gasteiger partial charge < -0.3 is 9.88 Å². The SMILES string of the molecule is Cc1ccccc1NC(=O)CSc1nnc(CSCc2ccc(Cl)c(Cl)c2)n1C. The van der Waals surface area contributed by atoms with Crippen LogP contribution in [0, 0.1) is 6.92 Å². The molecule has 0 aliphatic carbocycles. The summed E-state index contributed by atoms with van der Waals surface area (Å²) in [5, 5.41) is 13.2. The Hall–Kier alpha value is -1.67. The summed E-state index contributed by atoms with van der Waals surface area (Å²) in [5.41, 5.74) is 2.97. The molecule has 3 rings (SSSR count). The monoisotopic (exact) mass is 466 g/mol. The van der Waals surface area contributed by atoms with Gasteiger partial charge in [0.05, 0.1) is 21.6 Å². The van der Waals surface area contributed by atoms with Gasteiger partial charge in [-0.05, 0) is 36.2 Å². The van der Waals surface area contributed by atoms with Crippen LogP contribution in [0.1, 0.15) is 17.0 Å². The maximum atomic E-state index is 12.2. The van der Waals surface area contributed by atoms with Crippen molar-refractivity contribution < 1.29 is 4.79 Å². The van der Waals surface area contributed by atoms with Crippen LogP contribution in [0.3, 0.4) is 0 Å². The van der Waals surface area contributed by atoms with Gasteiger partial charge in [-0.3, -0.25) is 4.79 Å². The van der Waals surface area contributed by atoms with Crippen molar-refractivity contribution in [3.8, 4) is 0 Å². The highest BCUT2D eigenvalue weighted by molar-refractivity contribution is 7.99. The number of anilines is 1. The number of carbonyl (C=O) groups is 1. The Bertz CT molecular complexity index is 1010. The fraction of sp³-hybridized carbons (Fsp3) is 0.250. The molecule has 0 atom stereocenters. The molecule has 152 valence electrons. The summed E-state index contributed by atoms with van der Waals surface area (Å²) >= 11 is 15.1. The number of para-hydroxylation sites is 1. The summed E-state index contributed by atoms with van der Waals surface area (Å²) in [7, 11) is 1.91. The van der Waals surface area contributed by atoms with Crippen LogP contribution in [-0.2, 0) is 23.3 Å². The van der Waals surface area contributed by atoms with E-state index in [1.807, 2.05) is 54.9 Å². The van der Waals surface area contributed by atoms with E-state index in [1.165, 1.54) is 11.8 Å². The molecule has 0 bridgehead atoms. The molecule has 0 fully saturated rings. The molecule has 0 aliphatic heterocycles. The normalized spacial score (nSPS) is 10.9. The number of benzene rings is 2. The van der Waals surface area contributed by atoms with Gasteiger partial charge in [0.1, 0.15) is 5.82 Å². The molecule has 0 aliphatic rings. The first-order chi connectivity index (χ1) is 13.9. The number of aromatic nitrogens is 3. The minimum Gasteiger partial charge on any atom is -0.325 e. The zero-order chi connectivity index (χ0) is 20.8. The van der Waals surface area contributed by atoms with Crippen molar-refractivity contribution in [1.29, 1.82) is 0 Å². The molecule has 0 saturated carbocycles. The zero-order valence-electron chi connectivity index (χ0n) is 16.0. The number of aryl methyl sites for hydroxylation is 1. The molecule has 9 heteroatoms. The van der Waals surface area contributed by atoms with Crippen LogP contribution < -0.4 is 5.32 Å². The standard InChI is InChI=1S/C20H20Cl2N4OS2/c1-13-5-3-4-6-17(13)23-19(27)12-29-20-25-24-18(26(20)2)11-28-10-14-7-8-15(21)16(22)9-14/h3-9H,10-12H2,1-2H3,(H,23,27). The van der Waals surface area contributed by atoms with Crippen molar-refractivity contribution in [2.24, 2.45) is 7.05 Å². The zero-order valence-corrected chi connectivity index (χ0v) is 19.1. The van der Waals surface area contributed by atoms with Crippen molar-refractivity contribution >= 4 is 58.3 Å². The molecule has 0 saturated heterocycles. The predicted octanol–water partition coefficient (Wildman–Crippen LogP) is 5.59. The van der Waals surface area contributed by atoms with Gasteiger partial charge in [0, 0.05) is 18.5 Å². The van der Waals surface area contributed by atoms with E-state index in [-0.39, 0.29) is 11.7 Å². The summed E-state index contributed by atoms with van der Waals surface area (Å²) in [6.45, 7) is 1.97. The molecular weight excluding hydrogens is 447 g/mol. The van der Waals surface area contributed by atoms with Gasteiger partial charge in [-0.15, -0.1) is 22.0 Å². The molecular formula is C20H20Cl2N4OS2. The van der Waals surface area contributed by atoms with Crippen LogP contribution in [0.15, 0.2) is 47.6 Å². The summed E-state index contributed by atoms with van der Waals surface area (Å²) in [4.78, 5) is 12.2. The molecule has 1 heterocycles. The van der Waals surface area contributed by atoms with Crippen molar-refractivity contribution in [2.75, 3.05) is 11.1 Å². The molecule has 0 unspecified atom stereocenters. The first-order valence-electron chi connectivity index (χ1n) is 8.82. The van der Waals surface area contributed by atoms with Crippen LogP contribution >= 0.6 is 46.7 Å². The number of hydrogen-bond acceptors (Lipinski definition) is 5. The van der Waals surface area contributed by atoms with E-state index in [2.05, 4.69) is 15.5 Å². The summed E-state index contributed by atoms with van der Waals surface area (Å²) in [6, 6.07) is 13.4. The second-order valence-corrected chi connectivity index (χ2v) is 9.09. The Morgan fingerprint density at radius 1 is 1.10 bits per heavy atom. The number of halogens is 2. The van der Waals surface area contributed by atoms with Crippen molar-refractivity contribution in [3.05, 3.63) is 69.5 Å². The van der Waals surface area contributed by atoms with Crippen LogP contribution in [0.2, 0.25) is 10.0 Å². The topological polar surface area (TPSA) is 59.8 Å². The van der Waals surface area contributed by atoms with Gasteiger partial charge >= 0.3 is 0 Å². The third kappa shape index (κ3) is 6.15. The number of amides is 1. The predicted molar refractivity (Wildman–Crippen MR) is 123 cm³/mol. The molecule has 1 aromatic heterocycles. The minimum atomic E-state index is -0.0668. The fourth-order valence-electron chi connectivity index (χ4n) is 2.52. The Morgan fingerprint density at radius 2 is 1.90 bits per heavy atom. The second kappa shape index (κ2) is 10.4. The minimum absolute atomic E-state index is 0.0668. The van der Waals surface area contributed by atoms with E-state index in [1.54, 1.807) is 17.8 Å². The highest BCUT2D eigenvalue weighted by Crippen LogP contribution is 2.26. The van der Waals surface area contributed by atoms with Crippen LogP contribution in [0.25, 0.3) is 0 Å². The molecule has 29 heavy (non-hydrogen) atoms. The third-order valence-corrected chi connectivity index (χ3v) is 6.92. The molecule has 0 spiro atoms. The van der Waals surface area contributed by atoms with Crippen molar-refractivity contribution in [1.82, 2.24) is 14.8 Å². The van der Waals surface area contributed by atoms with Gasteiger partial charge in [-0.25, -0.2) is 0 Å². The van der Waals surface area contributed by atoms with Crippen LogP contribution in [-0.4, -0.2) is 26.4 Å². The van der Waals surface area contributed by atoms with E-state index in [4.69, 9.17) is 23.2 Å². The van der Waals surface area contributed by atoms with Gasteiger partial charge in [-0.2, -0.15) is 0 Å². The molecule has 5 nitrogen and oxygen atoms in total. The Morgan fingerprint density at radius 3 is 2.66 bits per heavy atom. The second-order valence-electron chi connectivity index (χ2n) is 6.35. The van der Waals surface area contributed by atoms with Gasteiger partial charge in [0.15, 0.2) is 5.16 Å². The van der Waals surface area contributed by atoms with E-state index in [0.717, 1.165) is 33.5 Å². The molecule has 1 N–H and O–H groups in total. The lowest BCUT2D eigenvalue weighted by Crippen LogP contribution is -2.15. The first kappa shape index (κ1) is 22.0. The highest BCUT2D eigenvalue weighted by atomic mass is 35.5. The number of nitrogens with zero attached hydrogens (tertiary/aromatic N) is 3. The smallest absolute Gasteiger partial charge is 0.234 e. The van der Waals surface area contributed by atoms with Crippen LogP contribution in [0.4, 0.5) is 5.69 Å². The summed E-state index contributed by atoms with van der Waals surface area (Å²) < 4.78 is 1.92. The summed E-state index contributed by atoms with van der Waals surface area (Å²) in [6.07, 6.45) is 0. The average Bonchev–Trinajstić information content (AvgIpc) is 3.05. The van der Waals surface area contributed by atoms with Crippen molar-refractivity contribution in [2.45, 2.75) is 23.6 Å². The van der Waals surface area contributed by atoms with Gasteiger partial charge in [0.25, 0.3) is 0 Å². The lowest BCUT2D eigenvalue weighted by atomic mass is 10.2. The molecule has 3 aromatic rings. The van der Waals surface area contributed by atoms with E-state index in [0.29, 0.717) is 15.8 Å². The first-order valence-corrected chi connectivity index (χ1v) is 11.7. The van der Waals surface area contributed by atoms with E-state index >= 15 is 0 Å². The maximum absolute atomic E-state index is 12.2. The quantitative estimate of drug-likeness (QED) is 0.438. The number of carbonyl (C=O) groups excluding carboxylic acids is 1. The Kier molecular flexibility index (Phi) is 7.89. The largest absolute Gasteiger partial charge is 0.325 e. The number of rotatable bonds is 8. The van der Waals surface area contributed by atoms with Gasteiger partial charge in [0.2, 0.25) is 5.91 Å². The summed E-state index contributed by atoms with van der Waals surface area (Å²) in [5.74, 6) is 2.57. The number of thioether (sulfide) groups is 2. The highest BCUT2D eigenvalue weighted by Gasteiger charge is 2.12. The average molecular weight is 467 g/mol. The lowest BCUT2D eigenvalue weighted by Gasteiger charge is -2.08. The Labute approximate surface area is 188 Å².